The van der Waals surface area contributed by atoms with Gasteiger partial charge in [-0.3, -0.25) is 0 Å². The van der Waals surface area contributed by atoms with E-state index in [0.29, 0.717) is 6.04 Å². The van der Waals surface area contributed by atoms with E-state index in [0.717, 1.165) is 19.1 Å². The van der Waals surface area contributed by atoms with Gasteiger partial charge in [0.2, 0.25) is 0 Å². The summed E-state index contributed by atoms with van der Waals surface area (Å²) < 4.78 is 5.39. The predicted molar refractivity (Wildman–Crippen MR) is 83.4 cm³/mol. The average molecular weight is 269 g/mol. The topological polar surface area (TPSA) is 35.2 Å². The Balaban J connectivity index is 1.84. The van der Waals surface area contributed by atoms with E-state index in [4.69, 9.17) is 10.5 Å². The van der Waals surface area contributed by atoms with E-state index >= 15 is 0 Å². The first-order valence-corrected chi connectivity index (χ1v) is 8.68. The zero-order valence-corrected chi connectivity index (χ0v) is 13.0. The predicted octanol–water partition coefficient (Wildman–Crippen LogP) is 4.66. The van der Waals surface area contributed by atoms with Crippen molar-refractivity contribution in [1.29, 1.82) is 0 Å². The Kier molecular flexibility index (Phi) is 10.5. The van der Waals surface area contributed by atoms with Crippen LogP contribution in [0.2, 0.25) is 0 Å². The van der Waals surface area contributed by atoms with Crippen LogP contribution in [0.25, 0.3) is 0 Å². The van der Waals surface area contributed by atoms with Crippen molar-refractivity contribution in [2.24, 2.45) is 11.7 Å². The first kappa shape index (κ1) is 17.0. The van der Waals surface area contributed by atoms with E-state index in [1.807, 2.05) is 0 Å². The molecule has 0 radical (unpaired) electrons. The van der Waals surface area contributed by atoms with Crippen LogP contribution < -0.4 is 5.73 Å². The molecule has 1 saturated heterocycles. The molecule has 2 heteroatoms. The number of unbranched alkanes of at least 4 members (excludes halogenated alkanes) is 8. The summed E-state index contributed by atoms with van der Waals surface area (Å²) in [5.41, 5.74) is 6.29. The fourth-order valence-corrected chi connectivity index (χ4v) is 3.07. The minimum atomic E-state index is 0.424. The van der Waals surface area contributed by atoms with E-state index in [1.54, 1.807) is 0 Å². The molecule has 0 aromatic rings. The van der Waals surface area contributed by atoms with Gasteiger partial charge >= 0.3 is 0 Å². The van der Waals surface area contributed by atoms with Gasteiger partial charge in [-0.05, 0) is 25.2 Å². The molecule has 0 saturated carbocycles. The summed E-state index contributed by atoms with van der Waals surface area (Å²) in [6.45, 7) is 4.13. The number of hydrogen-bond donors (Lipinski definition) is 1. The summed E-state index contributed by atoms with van der Waals surface area (Å²) >= 11 is 0. The summed E-state index contributed by atoms with van der Waals surface area (Å²) in [6, 6.07) is 0.424. The highest BCUT2D eigenvalue weighted by molar-refractivity contribution is 4.75. The molecular weight excluding hydrogens is 234 g/mol. The van der Waals surface area contributed by atoms with Crippen molar-refractivity contribution < 1.29 is 4.74 Å². The molecule has 0 amide bonds. The Labute approximate surface area is 120 Å². The first-order valence-electron chi connectivity index (χ1n) is 8.68. The fraction of sp³-hybridized carbons (Fsp3) is 1.00. The summed E-state index contributed by atoms with van der Waals surface area (Å²) in [7, 11) is 0. The molecule has 0 spiro atoms. The van der Waals surface area contributed by atoms with Gasteiger partial charge in [0.05, 0.1) is 0 Å². The molecule has 0 aliphatic carbocycles. The molecule has 1 heterocycles. The zero-order valence-electron chi connectivity index (χ0n) is 13.0. The van der Waals surface area contributed by atoms with Crippen molar-refractivity contribution in [3.05, 3.63) is 0 Å². The third-order valence-corrected chi connectivity index (χ3v) is 4.51. The fourth-order valence-electron chi connectivity index (χ4n) is 3.07. The summed E-state index contributed by atoms with van der Waals surface area (Å²) in [5, 5.41) is 0. The molecule has 2 N–H and O–H groups in total. The monoisotopic (exact) mass is 269 g/mol. The molecule has 0 aromatic carbocycles. The van der Waals surface area contributed by atoms with E-state index in [1.165, 1.54) is 77.0 Å². The molecule has 1 unspecified atom stereocenters. The normalized spacial score (nSPS) is 18.6. The van der Waals surface area contributed by atoms with Crippen molar-refractivity contribution in [3.8, 4) is 0 Å². The van der Waals surface area contributed by atoms with Gasteiger partial charge < -0.3 is 10.5 Å². The van der Waals surface area contributed by atoms with Gasteiger partial charge in [-0.15, -0.1) is 0 Å². The lowest BCUT2D eigenvalue weighted by atomic mass is 9.89. The van der Waals surface area contributed by atoms with Crippen LogP contribution in [0.5, 0.6) is 0 Å². The third-order valence-electron chi connectivity index (χ3n) is 4.51. The maximum absolute atomic E-state index is 6.29. The van der Waals surface area contributed by atoms with E-state index < -0.39 is 0 Å². The summed E-state index contributed by atoms with van der Waals surface area (Å²) in [4.78, 5) is 0. The van der Waals surface area contributed by atoms with E-state index in [2.05, 4.69) is 6.92 Å². The van der Waals surface area contributed by atoms with Crippen LogP contribution in [0.1, 0.15) is 84.0 Å². The molecule has 1 aliphatic rings. The Morgan fingerprint density at radius 2 is 1.42 bits per heavy atom. The zero-order chi connectivity index (χ0) is 13.8. The van der Waals surface area contributed by atoms with Crippen LogP contribution in [0.3, 0.4) is 0 Å². The average Bonchev–Trinajstić information content (AvgIpc) is 2.46. The second-order valence-corrected chi connectivity index (χ2v) is 6.23. The molecule has 0 aromatic heterocycles. The Bertz CT molecular complexity index is 190. The van der Waals surface area contributed by atoms with Crippen LogP contribution in [-0.4, -0.2) is 19.3 Å². The Morgan fingerprint density at radius 3 is 2.00 bits per heavy atom. The van der Waals surface area contributed by atoms with Crippen LogP contribution in [-0.2, 0) is 4.74 Å². The van der Waals surface area contributed by atoms with Crippen LogP contribution in [0, 0.1) is 5.92 Å². The van der Waals surface area contributed by atoms with Crippen molar-refractivity contribution in [2.75, 3.05) is 13.2 Å². The van der Waals surface area contributed by atoms with E-state index in [-0.39, 0.29) is 0 Å². The maximum atomic E-state index is 6.29. The molecule has 2 nitrogen and oxygen atoms in total. The molecule has 1 atom stereocenters. The first-order chi connectivity index (χ1) is 9.34. The van der Waals surface area contributed by atoms with Crippen molar-refractivity contribution in [3.63, 3.8) is 0 Å². The third kappa shape index (κ3) is 8.65. The minimum absolute atomic E-state index is 0.424. The SMILES string of the molecule is CCCCCCCCCCCC(N)C1CCOCC1. The Hall–Kier alpha value is -0.0800. The molecule has 1 aliphatic heterocycles. The molecule has 0 bridgehead atoms. The van der Waals surface area contributed by atoms with Gasteiger partial charge in [0.1, 0.15) is 0 Å². The van der Waals surface area contributed by atoms with Crippen LogP contribution in [0.4, 0.5) is 0 Å². The van der Waals surface area contributed by atoms with Gasteiger partial charge in [0.15, 0.2) is 0 Å². The minimum Gasteiger partial charge on any atom is -0.381 e. The van der Waals surface area contributed by atoms with Crippen molar-refractivity contribution >= 4 is 0 Å². The van der Waals surface area contributed by atoms with Crippen molar-refractivity contribution in [2.45, 2.75) is 90.0 Å². The van der Waals surface area contributed by atoms with Gasteiger partial charge in [0.25, 0.3) is 0 Å². The van der Waals surface area contributed by atoms with Crippen LogP contribution in [0.15, 0.2) is 0 Å². The molecule has 19 heavy (non-hydrogen) atoms. The highest BCUT2D eigenvalue weighted by atomic mass is 16.5. The quantitative estimate of drug-likeness (QED) is 0.554. The lowest BCUT2D eigenvalue weighted by molar-refractivity contribution is 0.0572. The highest BCUT2D eigenvalue weighted by Crippen LogP contribution is 2.21. The van der Waals surface area contributed by atoms with E-state index in [9.17, 15) is 0 Å². The molecule has 1 rings (SSSR count). The lowest BCUT2D eigenvalue weighted by Crippen LogP contribution is -2.34. The van der Waals surface area contributed by atoms with Gasteiger partial charge in [-0.2, -0.15) is 0 Å². The number of nitrogens with two attached hydrogens (primary N) is 1. The molecule has 1 fully saturated rings. The Morgan fingerprint density at radius 1 is 0.895 bits per heavy atom. The van der Waals surface area contributed by atoms with Crippen LogP contribution >= 0.6 is 0 Å². The number of hydrogen-bond acceptors (Lipinski definition) is 2. The van der Waals surface area contributed by atoms with Gasteiger partial charge in [-0.1, -0.05) is 64.7 Å². The number of rotatable bonds is 11. The maximum Gasteiger partial charge on any atom is 0.0469 e. The largest absolute Gasteiger partial charge is 0.381 e. The number of ether oxygens (including phenoxy) is 1. The van der Waals surface area contributed by atoms with Gasteiger partial charge in [-0.25, -0.2) is 0 Å². The summed E-state index contributed by atoms with van der Waals surface area (Å²) in [5.74, 6) is 0.725. The van der Waals surface area contributed by atoms with Crippen molar-refractivity contribution in [1.82, 2.24) is 0 Å². The second-order valence-electron chi connectivity index (χ2n) is 6.23. The highest BCUT2D eigenvalue weighted by Gasteiger charge is 2.20. The molecular formula is C17H35NO. The standard InChI is InChI=1S/C17H35NO/c1-2-3-4-5-6-7-8-9-10-11-17(18)16-12-14-19-15-13-16/h16-17H,2-15,18H2,1H3. The molecule has 114 valence electrons. The lowest BCUT2D eigenvalue weighted by Gasteiger charge is -2.27. The van der Waals surface area contributed by atoms with Gasteiger partial charge in [0, 0.05) is 19.3 Å². The second kappa shape index (κ2) is 11.7. The summed E-state index contributed by atoms with van der Waals surface area (Å²) in [6.07, 6.45) is 16.2. The smallest absolute Gasteiger partial charge is 0.0469 e.